The van der Waals surface area contributed by atoms with Crippen LogP contribution in [0, 0.1) is 0 Å². The highest BCUT2D eigenvalue weighted by atomic mass is 35.5. The summed E-state index contributed by atoms with van der Waals surface area (Å²) >= 11 is 5.85. The highest BCUT2D eigenvalue weighted by Gasteiger charge is 2.65. The van der Waals surface area contributed by atoms with E-state index in [0.29, 0.717) is 25.1 Å². The van der Waals surface area contributed by atoms with Crippen LogP contribution in [-0.2, 0) is 9.53 Å². The summed E-state index contributed by atoms with van der Waals surface area (Å²) in [5.74, 6) is -0.345. The van der Waals surface area contributed by atoms with E-state index in [9.17, 15) is 14.7 Å². The van der Waals surface area contributed by atoms with Crippen LogP contribution >= 0.6 is 11.6 Å². The number of benzene rings is 2. The van der Waals surface area contributed by atoms with Gasteiger partial charge < -0.3 is 19.6 Å². The molecule has 0 radical (unpaired) electrons. The maximum atomic E-state index is 13.1. The van der Waals surface area contributed by atoms with E-state index in [2.05, 4.69) is 0 Å². The molecular formula is C21H19ClN2O4. The van der Waals surface area contributed by atoms with Gasteiger partial charge in [-0.2, -0.15) is 0 Å². The zero-order valence-corrected chi connectivity index (χ0v) is 15.8. The number of ether oxygens (including phenoxy) is 1. The third kappa shape index (κ3) is 2.45. The van der Waals surface area contributed by atoms with Gasteiger partial charge in [0.05, 0.1) is 24.0 Å². The first-order valence-corrected chi connectivity index (χ1v) is 9.70. The third-order valence-electron chi connectivity index (χ3n) is 6.05. The molecule has 7 heteroatoms. The molecule has 2 aromatic rings. The SMILES string of the molecule is O=C(c1ccc(Cl)c(O)c1)N1CC[C@@]23O[C@@H](c4ccccc4)CN2C(=O)C[C@@H]13. The first-order valence-electron chi connectivity index (χ1n) is 9.32. The molecule has 1 spiro atoms. The first kappa shape index (κ1) is 17.5. The fraction of sp³-hybridized carbons (Fsp3) is 0.333. The summed E-state index contributed by atoms with van der Waals surface area (Å²) in [6.45, 7) is 1.00. The molecule has 0 unspecified atom stereocenters. The van der Waals surface area contributed by atoms with Gasteiger partial charge in [-0.15, -0.1) is 0 Å². The van der Waals surface area contributed by atoms with Gasteiger partial charge in [-0.3, -0.25) is 9.59 Å². The van der Waals surface area contributed by atoms with E-state index in [0.717, 1.165) is 5.56 Å². The lowest BCUT2D eigenvalue weighted by atomic mass is 10.1. The molecule has 0 bridgehead atoms. The molecule has 2 aromatic carbocycles. The van der Waals surface area contributed by atoms with Crippen molar-refractivity contribution < 1.29 is 19.4 Å². The van der Waals surface area contributed by atoms with Crippen LogP contribution in [0.2, 0.25) is 5.02 Å². The molecule has 2 amide bonds. The molecule has 3 atom stereocenters. The summed E-state index contributed by atoms with van der Waals surface area (Å²) in [6.07, 6.45) is 0.646. The van der Waals surface area contributed by atoms with Crippen molar-refractivity contribution in [1.82, 2.24) is 9.80 Å². The van der Waals surface area contributed by atoms with Crippen LogP contribution < -0.4 is 0 Å². The Kier molecular flexibility index (Phi) is 3.89. The van der Waals surface area contributed by atoms with Crippen LogP contribution in [0.3, 0.4) is 0 Å². The number of carbonyl (C=O) groups is 2. The maximum absolute atomic E-state index is 13.1. The van der Waals surface area contributed by atoms with E-state index in [1.165, 1.54) is 12.1 Å². The Bertz CT molecular complexity index is 966. The summed E-state index contributed by atoms with van der Waals surface area (Å²) in [7, 11) is 0. The lowest BCUT2D eigenvalue weighted by Crippen LogP contribution is -2.48. The molecule has 6 nitrogen and oxygen atoms in total. The van der Waals surface area contributed by atoms with E-state index < -0.39 is 5.72 Å². The minimum atomic E-state index is -0.762. The van der Waals surface area contributed by atoms with Crippen molar-refractivity contribution in [1.29, 1.82) is 0 Å². The van der Waals surface area contributed by atoms with Crippen LogP contribution in [-0.4, -0.2) is 51.6 Å². The van der Waals surface area contributed by atoms with E-state index in [1.807, 2.05) is 35.2 Å². The molecule has 3 fully saturated rings. The molecular weight excluding hydrogens is 380 g/mol. The standard InChI is InChI=1S/C21H19ClN2O4/c22-15-7-6-14(10-16(15)25)20(27)23-9-8-21-18(23)11-19(26)24(21)12-17(28-21)13-4-2-1-3-5-13/h1-7,10,17-18,25H,8-9,11-12H2/t17-,18-,21+/m1/s1. The van der Waals surface area contributed by atoms with E-state index in [1.54, 1.807) is 11.0 Å². The van der Waals surface area contributed by atoms with Crippen molar-refractivity contribution in [3.63, 3.8) is 0 Å². The lowest BCUT2D eigenvalue weighted by Gasteiger charge is -2.32. The molecule has 3 saturated heterocycles. The second-order valence-electron chi connectivity index (χ2n) is 7.50. The Morgan fingerprint density at radius 1 is 1.21 bits per heavy atom. The predicted molar refractivity (Wildman–Crippen MR) is 102 cm³/mol. The normalized spacial score (nSPS) is 28.5. The smallest absolute Gasteiger partial charge is 0.254 e. The molecule has 3 heterocycles. The molecule has 3 aliphatic heterocycles. The van der Waals surface area contributed by atoms with Crippen molar-refractivity contribution in [3.8, 4) is 5.75 Å². The van der Waals surface area contributed by atoms with Crippen molar-refractivity contribution in [3.05, 3.63) is 64.7 Å². The molecule has 5 rings (SSSR count). The number of amides is 2. The predicted octanol–water partition coefficient (Wildman–Crippen LogP) is 2.96. The summed E-state index contributed by atoms with van der Waals surface area (Å²) in [4.78, 5) is 29.3. The van der Waals surface area contributed by atoms with Gasteiger partial charge in [0.25, 0.3) is 5.91 Å². The minimum Gasteiger partial charge on any atom is -0.506 e. The van der Waals surface area contributed by atoms with Gasteiger partial charge in [0.2, 0.25) is 5.91 Å². The van der Waals surface area contributed by atoms with Gasteiger partial charge in [-0.05, 0) is 23.8 Å². The molecule has 1 N–H and O–H groups in total. The molecule has 3 aliphatic rings. The number of nitrogens with zero attached hydrogens (tertiary/aromatic N) is 2. The van der Waals surface area contributed by atoms with Gasteiger partial charge in [0, 0.05) is 18.5 Å². The number of hydrogen-bond donors (Lipinski definition) is 1. The topological polar surface area (TPSA) is 70.1 Å². The number of rotatable bonds is 2. The Balaban J connectivity index is 1.44. The van der Waals surface area contributed by atoms with Crippen LogP contribution in [0.4, 0.5) is 0 Å². The van der Waals surface area contributed by atoms with E-state index >= 15 is 0 Å². The fourth-order valence-electron chi connectivity index (χ4n) is 4.72. The largest absolute Gasteiger partial charge is 0.506 e. The van der Waals surface area contributed by atoms with Crippen molar-refractivity contribution >= 4 is 23.4 Å². The lowest BCUT2D eigenvalue weighted by molar-refractivity contribution is -0.138. The quantitative estimate of drug-likeness (QED) is 0.844. The van der Waals surface area contributed by atoms with Crippen LogP contribution in [0.15, 0.2) is 48.5 Å². The van der Waals surface area contributed by atoms with Gasteiger partial charge in [0.15, 0.2) is 5.72 Å². The van der Waals surface area contributed by atoms with Crippen LogP contribution in [0.1, 0.15) is 34.9 Å². The first-order chi connectivity index (χ1) is 13.5. The zero-order valence-electron chi connectivity index (χ0n) is 15.0. The molecule has 28 heavy (non-hydrogen) atoms. The number of hydrogen-bond acceptors (Lipinski definition) is 4. The number of carbonyl (C=O) groups excluding carboxylic acids is 2. The second-order valence-corrected chi connectivity index (χ2v) is 7.91. The molecule has 144 valence electrons. The summed E-state index contributed by atoms with van der Waals surface area (Å²) < 4.78 is 6.45. The number of halogens is 1. The van der Waals surface area contributed by atoms with Gasteiger partial charge in [0.1, 0.15) is 11.9 Å². The van der Waals surface area contributed by atoms with E-state index in [4.69, 9.17) is 16.3 Å². The third-order valence-corrected chi connectivity index (χ3v) is 6.37. The maximum Gasteiger partial charge on any atom is 0.254 e. The highest BCUT2D eigenvalue weighted by molar-refractivity contribution is 6.32. The minimum absolute atomic E-state index is 0.0138. The van der Waals surface area contributed by atoms with Crippen LogP contribution in [0.5, 0.6) is 5.75 Å². The number of likely N-dealkylation sites (tertiary alicyclic amines) is 1. The Morgan fingerprint density at radius 3 is 2.75 bits per heavy atom. The average molecular weight is 399 g/mol. The van der Waals surface area contributed by atoms with Crippen LogP contribution in [0.25, 0.3) is 0 Å². The molecule has 0 saturated carbocycles. The number of phenolic OH excluding ortho intramolecular Hbond substituents is 1. The van der Waals surface area contributed by atoms with Gasteiger partial charge in [-0.25, -0.2) is 0 Å². The van der Waals surface area contributed by atoms with Crippen molar-refractivity contribution in [2.24, 2.45) is 0 Å². The van der Waals surface area contributed by atoms with Gasteiger partial charge >= 0.3 is 0 Å². The van der Waals surface area contributed by atoms with Crippen molar-refractivity contribution in [2.45, 2.75) is 30.7 Å². The summed E-state index contributed by atoms with van der Waals surface area (Å²) in [5.41, 5.74) is 0.620. The zero-order chi connectivity index (χ0) is 19.5. The summed E-state index contributed by atoms with van der Waals surface area (Å²) in [5, 5.41) is 10.0. The fourth-order valence-corrected chi connectivity index (χ4v) is 4.84. The number of aromatic hydroxyl groups is 1. The highest BCUT2D eigenvalue weighted by Crippen LogP contribution is 2.50. The molecule has 0 aliphatic carbocycles. The van der Waals surface area contributed by atoms with Gasteiger partial charge in [-0.1, -0.05) is 41.9 Å². The number of phenols is 1. The van der Waals surface area contributed by atoms with Crippen molar-refractivity contribution in [2.75, 3.05) is 13.1 Å². The Labute approximate surface area is 167 Å². The molecule has 0 aromatic heterocycles. The Hall–Kier alpha value is -2.57. The Morgan fingerprint density at radius 2 is 2.00 bits per heavy atom. The monoisotopic (exact) mass is 398 g/mol. The van der Waals surface area contributed by atoms with E-state index in [-0.39, 0.29) is 41.2 Å². The average Bonchev–Trinajstić information content (AvgIpc) is 3.33. The summed E-state index contributed by atoms with van der Waals surface area (Å²) in [6, 6.07) is 14.0. The second kappa shape index (κ2) is 6.22.